The molecule has 148 valence electrons. The Bertz CT molecular complexity index is 675. The van der Waals surface area contributed by atoms with E-state index >= 15 is 0 Å². The Balaban J connectivity index is 1.67. The van der Waals surface area contributed by atoms with Gasteiger partial charge in [-0.3, -0.25) is 9.59 Å². The van der Waals surface area contributed by atoms with Crippen molar-refractivity contribution in [2.45, 2.75) is 52.0 Å². The average Bonchev–Trinajstić information content (AvgIpc) is 3.15. The third-order valence-corrected chi connectivity index (χ3v) is 5.67. The number of nitrogens with two attached hydrogens (primary N) is 1. The van der Waals surface area contributed by atoms with E-state index < -0.39 is 0 Å². The highest BCUT2D eigenvalue weighted by Gasteiger charge is 2.29. The van der Waals surface area contributed by atoms with Gasteiger partial charge in [-0.2, -0.15) is 0 Å². The van der Waals surface area contributed by atoms with Crippen LogP contribution in [0.15, 0.2) is 12.1 Å². The summed E-state index contributed by atoms with van der Waals surface area (Å²) in [4.78, 5) is 29.0. The SMILES string of the molecule is Cc1cc(C(=O)N2CCCC2CN)cc(C)c1OCC(=O)N1CCCCC1. The molecule has 2 amide bonds. The Morgan fingerprint density at radius 2 is 1.74 bits per heavy atom. The summed E-state index contributed by atoms with van der Waals surface area (Å²) < 4.78 is 5.85. The predicted octanol–water partition coefficient (Wildman–Crippen LogP) is 2.26. The van der Waals surface area contributed by atoms with Crippen molar-refractivity contribution in [3.63, 3.8) is 0 Å². The molecule has 1 atom stereocenters. The smallest absolute Gasteiger partial charge is 0.260 e. The van der Waals surface area contributed by atoms with Crippen molar-refractivity contribution in [2.75, 3.05) is 32.8 Å². The van der Waals surface area contributed by atoms with E-state index in [1.54, 1.807) is 0 Å². The number of ether oxygens (including phenoxy) is 1. The standard InChI is InChI=1S/C21H31N3O3/c1-15-11-17(21(26)24-10-6-7-18(24)13-22)12-16(2)20(15)27-14-19(25)23-8-4-3-5-9-23/h11-12,18H,3-10,13-14,22H2,1-2H3. The maximum absolute atomic E-state index is 12.9. The first kappa shape index (κ1) is 19.7. The first-order valence-corrected chi connectivity index (χ1v) is 10.0. The lowest BCUT2D eigenvalue weighted by Gasteiger charge is -2.27. The fourth-order valence-electron chi connectivity index (χ4n) is 4.18. The third kappa shape index (κ3) is 4.43. The van der Waals surface area contributed by atoms with Gasteiger partial charge in [0, 0.05) is 37.8 Å². The molecule has 2 N–H and O–H groups in total. The van der Waals surface area contributed by atoms with Gasteiger partial charge in [0.05, 0.1) is 0 Å². The fourth-order valence-corrected chi connectivity index (χ4v) is 4.18. The van der Waals surface area contributed by atoms with Gasteiger partial charge in [0.25, 0.3) is 11.8 Å². The predicted molar refractivity (Wildman–Crippen MR) is 105 cm³/mol. The number of likely N-dealkylation sites (tertiary alicyclic amines) is 2. The van der Waals surface area contributed by atoms with Crippen molar-refractivity contribution in [1.82, 2.24) is 9.80 Å². The van der Waals surface area contributed by atoms with Crippen molar-refractivity contribution in [3.8, 4) is 5.75 Å². The Morgan fingerprint density at radius 1 is 1.07 bits per heavy atom. The number of carbonyl (C=O) groups is 2. The largest absolute Gasteiger partial charge is 0.483 e. The van der Waals surface area contributed by atoms with Gasteiger partial charge < -0.3 is 20.3 Å². The van der Waals surface area contributed by atoms with E-state index in [-0.39, 0.29) is 24.5 Å². The second kappa shape index (κ2) is 8.74. The average molecular weight is 373 g/mol. The van der Waals surface area contributed by atoms with Crippen LogP contribution in [-0.4, -0.2) is 60.4 Å². The van der Waals surface area contributed by atoms with Crippen molar-refractivity contribution in [2.24, 2.45) is 5.73 Å². The Hall–Kier alpha value is -2.08. The molecule has 3 rings (SSSR count). The Morgan fingerprint density at radius 3 is 2.37 bits per heavy atom. The highest BCUT2D eigenvalue weighted by atomic mass is 16.5. The summed E-state index contributed by atoms with van der Waals surface area (Å²) >= 11 is 0. The first-order valence-electron chi connectivity index (χ1n) is 10.0. The molecular weight excluding hydrogens is 342 g/mol. The summed E-state index contributed by atoms with van der Waals surface area (Å²) in [5.74, 6) is 0.773. The number of carbonyl (C=O) groups excluding carboxylic acids is 2. The lowest BCUT2D eigenvalue weighted by atomic mass is 10.0. The van der Waals surface area contributed by atoms with Gasteiger partial charge in [-0.1, -0.05) is 0 Å². The van der Waals surface area contributed by atoms with Gasteiger partial charge >= 0.3 is 0 Å². The van der Waals surface area contributed by atoms with Crippen LogP contribution in [0.1, 0.15) is 53.6 Å². The number of aryl methyl sites for hydroxylation is 2. The van der Waals surface area contributed by atoms with Gasteiger partial charge in [-0.25, -0.2) is 0 Å². The van der Waals surface area contributed by atoms with E-state index in [0.29, 0.717) is 17.9 Å². The summed E-state index contributed by atoms with van der Waals surface area (Å²) in [6, 6.07) is 3.86. The van der Waals surface area contributed by atoms with E-state index in [1.807, 2.05) is 35.8 Å². The number of piperidine rings is 1. The molecule has 0 spiro atoms. The van der Waals surface area contributed by atoms with E-state index in [2.05, 4.69) is 0 Å². The van der Waals surface area contributed by atoms with Gasteiger partial charge in [-0.05, 0) is 69.2 Å². The molecule has 0 aromatic heterocycles. The quantitative estimate of drug-likeness (QED) is 0.859. The van der Waals surface area contributed by atoms with Crippen LogP contribution in [0, 0.1) is 13.8 Å². The Labute approximate surface area is 161 Å². The molecule has 6 heteroatoms. The number of hydrogen-bond acceptors (Lipinski definition) is 4. The van der Waals surface area contributed by atoms with E-state index in [1.165, 1.54) is 6.42 Å². The molecule has 2 aliphatic rings. The van der Waals surface area contributed by atoms with Gasteiger partial charge in [-0.15, -0.1) is 0 Å². The second-order valence-corrected chi connectivity index (χ2v) is 7.70. The molecule has 2 aliphatic heterocycles. The van der Waals surface area contributed by atoms with Crippen LogP contribution >= 0.6 is 0 Å². The number of hydrogen-bond donors (Lipinski definition) is 1. The maximum atomic E-state index is 12.9. The highest BCUT2D eigenvalue weighted by Crippen LogP contribution is 2.27. The summed E-state index contributed by atoms with van der Waals surface area (Å²) in [6.07, 6.45) is 5.31. The zero-order valence-corrected chi connectivity index (χ0v) is 16.5. The molecule has 2 heterocycles. The van der Waals surface area contributed by atoms with Crippen molar-refractivity contribution in [3.05, 3.63) is 28.8 Å². The molecule has 1 unspecified atom stereocenters. The van der Waals surface area contributed by atoms with Crippen LogP contribution in [0.25, 0.3) is 0 Å². The maximum Gasteiger partial charge on any atom is 0.260 e. The van der Waals surface area contributed by atoms with Gasteiger partial charge in [0.1, 0.15) is 5.75 Å². The summed E-state index contributed by atoms with van der Waals surface area (Å²) in [6.45, 7) is 6.82. The highest BCUT2D eigenvalue weighted by molar-refractivity contribution is 5.95. The lowest BCUT2D eigenvalue weighted by molar-refractivity contribution is -0.134. The van der Waals surface area contributed by atoms with Crippen LogP contribution in [0.3, 0.4) is 0 Å². The van der Waals surface area contributed by atoms with Crippen molar-refractivity contribution in [1.29, 1.82) is 0 Å². The normalized spacial score (nSPS) is 20.0. The zero-order chi connectivity index (χ0) is 19.4. The molecule has 27 heavy (non-hydrogen) atoms. The molecule has 2 fully saturated rings. The summed E-state index contributed by atoms with van der Waals surface area (Å²) in [7, 11) is 0. The van der Waals surface area contributed by atoms with Gasteiger partial charge in [0.15, 0.2) is 6.61 Å². The van der Waals surface area contributed by atoms with E-state index in [9.17, 15) is 9.59 Å². The van der Waals surface area contributed by atoms with Crippen LogP contribution in [0.2, 0.25) is 0 Å². The minimum Gasteiger partial charge on any atom is -0.483 e. The zero-order valence-electron chi connectivity index (χ0n) is 16.5. The lowest BCUT2D eigenvalue weighted by Crippen LogP contribution is -2.40. The fraction of sp³-hybridized carbons (Fsp3) is 0.619. The van der Waals surface area contributed by atoms with Crippen molar-refractivity contribution < 1.29 is 14.3 Å². The molecule has 6 nitrogen and oxygen atoms in total. The summed E-state index contributed by atoms with van der Waals surface area (Å²) in [5.41, 5.74) is 8.24. The molecule has 0 aliphatic carbocycles. The number of benzene rings is 1. The minimum absolute atomic E-state index is 0.0325. The molecular formula is C21H31N3O3. The topological polar surface area (TPSA) is 75.9 Å². The number of amides is 2. The monoisotopic (exact) mass is 373 g/mol. The molecule has 0 saturated carbocycles. The second-order valence-electron chi connectivity index (χ2n) is 7.70. The number of rotatable bonds is 5. The van der Waals surface area contributed by atoms with Crippen LogP contribution in [0.5, 0.6) is 5.75 Å². The third-order valence-electron chi connectivity index (χ3n) is 5.67. The number of nitrogens with zero attached hydrogens (tertiary/aromatic N) is 2. The minimum atomic E-state index is 0.0325. The van der Waals surface area contributed by atoms with E-state index in [0.717, 1.165) is 56.4 Å². The van der Waals surface area contributed by atoms with Crippen LogP contribution < -0.4 is 10.5 Å². The van der Waals surface area contributed by atoms with Gasteiger partial charge in [0.2, 0.25) is 0 Å². The molecule has 2 saturated heterocycles. The van der Waals surface area contributed by atoms with E-state index in [4.69, 9.17) is 10.5 Å². The first-order chi connectivity index (χ1) is 13.0. The molecule has 0 radical (unpaired) electrons. The van der Waals surface area contributed by atoms with Crippen LogP contribution in [-0.2, 0) is 4.79 Å². The molecule has 1 aromatic rings. The molecule has 0 bridgehead atoms. The van der Waals surface area contributed by atoms with Crippen LogP contribution in [0.4, 0.5) is 0 Å². The summed E-state index contributed by atoms with van der Waals surface area (Å²) in [5, 5.41) is 0. The molecule has 1 aromatic carbocycles. The van der Waals surface area contributed by atoms with Crippen molar-refractivity contribution >= 4 is 11.8 Å². The Kier molecular flexibility index (Phi) is 6.37.